The maximum atomic E-state index is 12.5. The van der Waals surface area contributed by atoms with Gasteiger partial charge in [0, 0.05) is 41.8 Å². The van der Waals surface area contributed by atoms with Gasteiger partial charge in [-0.3, -0.25) is 14.4 Å². The van der Waals surface area contributed by atoms with Crippen molar-refractivity contribution in [3.8, 4) is 0 Å². The van der Waals surface area contributed by atoms with Gasteiger partial charge in [0.1, 0.15) is 0 Å². The van der Waals surface area contributed by atoms with Gasteiger partial charge in [-0.25, -0.2) is 0 Å². The zero-order valence-corrected chi connectivity index (χ0v) is 12.2. The first-order valence-electron chi connectivity index (χ1n) is 7.18. The number of H-pyrrole nitrogens is 1. The number of amides is 2. The molecule has 1 saturated heterocycles. The van der Waals surface area contributed by atoms with Crippen molar-refractivity contribution in [2.24, 2.45) is 5.41 Å². The van der Waals surface area contributed by atoms with Gasteiger partial charge >= 0.3 is 0 Å². The summed E-state index contributed by atoms with van der Waals surface area (Å²) in [6.45, 7) is 2.15. The molecule has 1 fully saturated rings. The predicted octanol–water partition coefficient (Wildman–Crippen LogP) is 1.38. The molecular formula is C16H17N3O3. The molecule has 3 rings (SSSR count). The lowest BCUT2D eigenvalue weighted by Crippen LogP contribution is -2.48. The number of hydrogen-bond donors (Lipinski definition) is 3. The summed E-state index contributed by atoms with van der Waals surface area (Å²) >= 11 is 0. The van der Waals surface area contributed by atoms with Crippen LogP contribution in [0.25, 0.3) is 10.9 Å². The van der Waals surface area contributed by atoms with E-state index in [2.05, 4.69) is 15.6 Å². The average molecular weight is 299 g/mol. The van der Waals surface area contributed by atoms with E-state index in [4.69, 9.17) is 0 Å². The normalized spacial score (nSPS) is 21.4. The van der Waals surface area contributed by atoms with Crippen LogP contribution in [0.2, 0.25) is 0 Å². The molecule has 2 aromatic rings. The van der Waals surface area contributed by atoms with Crippen LogP contribution in [0, 0.1) is 5.41 Å². The third kappa shape index (κ3) is 2.59. The first-order chi connectivity index (χ1) is 10.5. The van der Waals surface area contributed by atoms with Crippen LogP contribution in [0.15, 0.2) is 35.3 Å². The minimum Gasteiger partial charge on any atom is -0.361 e. The number of anilines is 1. The Kier molecular flexibility index (Phi) is 3.44. The minimum atomic E-state index is -0.633. The fraction of sp³-hybridized carbons (Fsp3) is 0.312. The molecule has 1 unspecified atom stereocenters. The molecular weight excluding hydrogens is 282 g/mol. The first kappa shape index (κ1) is 14.3. The van der Waals surface area contributed by atoms with E-state index in [-0.39, 0.29) is 17.2 Å². The standard InChI is InChI=1S/C16H17N3O3/c1-16(6-4-14(21)18-9-16)15(22)19-10-2-3-12-11(8-10)13(20)5-7-17-12/h2-3,5,7-8H,4,6,9H2,1H3,(H,17,20)(H,18,21)(H,19,22). The highest BCUT2D eigenvalue weighted by atomic mass is 16.2. The van der Waals surface area contributed by atoms with Gasteiger partial charge in [-0.05, 0) is 31.5 Å². The summed E-state index contributed by atoms with van der Waals surface area (Å²) in [5.74, 6) is -0.179. The molecule has 1 aliphatic heterocycles. The smallest absolute Gasteiger partial charge is 0.232 e. The molecule has 1 aliphatic rings. The highest BCUT2D eigenvalue weighted by molar-refractivity contribution is 5.98. The van der Waals surface area contributed by atoms with Gasteiger partial charge in [0.25, 0.3) is 0 Å². The van der Waals surface area contributed by atoms with E-state index in [0.29, 0.717) is 30.5 Å². The summed E-state index contributed by atoms with van der Waals surface area (Å²) in [5, 5.41) is 6.10. The zero-order valence-electron chi connectivity index (χ0n) is 12.2. The highest BCUT2D eigenvalue weighted by Crippen LogP contribution is 2.28. The number of rotatable bonds is 2. The maximum Gasteiger partial charge on any atom is 0.232 e. The van der Waals surface area contributed by atoms with Crippen molar-refractivity contribution >= 4 is 28.4 Å². The van der Waals surface area contributed by atoms with Crippen molar-refractivity contribution in [3.63, 3.8) is 0 Å². The Hall–Kier alpha value is -2.63. The second-order valence-corrected chi connectivity index (χ2v) is 5.89. The number of fused-ring (bicyclic) bond motifs is 1. The summed E-state index contributed by atoms with van der Waals surface area (Å²) in [6, 6.07) is 6.63. The van der Waals surface area contributed by atoms with Crippen molar-refractivity contribution in [3.05, 3.63) is 40.7 Å². The fourth-order valence-electron chi connectivity index (χ4n) is 2.58. The lowest BCUT2D eigenvalue weighted by Gasteiger charge is -2.32. The number of nitrogens with one attached hydrogen (secondary N) is 3. The van der Waals surface area contributed by atoms with Gasteiger partial charge in [-0.15, -0.1) is 0 Å². The van der Waals surface area contributed by atoms with E-state index >= 15 is 0 Å². The van der Waals surface area contributed by atoms with Crippen LogP contribution in [-0.4, -0.2) is 23.3 Å². The quantitative estimate of drug-likeness (QED) is 0.782. The van der Waals surface area contributed by atoms with Crippen molar-refractivity contribution in [1.82, 2.24) is 10.3 Å². The van der Waals surface area contributed by atoms with Crippen LogP contribution in [0.4, 0.5) is 5.69 Å². The molecule has 0 bridgehead atoms. The molecule has 0 spiro atoms. The number of carbonyl (C=O) groups excluding carboxylic acids is 2. The maximum absolute atomic E-state index is 12.5. The van der Waals surface area contributed by atoms with Crippen LogP contribution < -0.4 is 16.1 Å². The van der Waals surface area contributed by atoms with E-state index in [1.165, 1.54) is 6.07 Å². The second-order valence-electron chi connectivity index (χ2n) is 5.89. The van der Waals surface area contributed by atoms with E-state index < -0.39 is 5.41 Å². The second kappa shape index (κ2) is 5.29. The predicted molar refractivity (Wildman–Crippen MR) is 83.5 cm³/mol. The van der Waals surface area contributed by atoms with Crippen LogP contribution in [0.5, 0.6) is 0 Å². The SMILES string of the molecule is CC1(C(=O)Nc2ccc3[nH]ccc(=O)c3c2)CCC(=O)NC1. The molecule has 0 aliphatic carbocycles. The summed E-state index contributed by atoms with van der Waals surface area (Å²) in [4.78, 5) is 38.5. The van der Waals surface area contributed by atoms with Gasteiger partial charge in [0.15, 0.2) is 5.43 Å². The number of aromatic nitrogens is 1. The molecule has 1 aromatic heterocycles. The molecule has 6 nitrogen and oxygen atoms in total. The fourth-order valence-corrected chi connectivity index (χ4v) is 2.58. The van der Waals surface area contributed by atoms with Gasteiger partial charge < -0.3 is 15.6 Å². The Morgan fingerprint density at radius 1 is 1.27 bits per heavy atom. The molecule has 2 amide bonds. The third-order valence-electron chi connectivity index (χ3n) is 4.14. The molecule has 0 saturated carbocycles. The van der Waals surface area contributed by atoms with Gasteiger partial charge in [0.2, 0.25) is 11.8 Å². The largest absolute Gasteiger partial charge is 0.361 e. The van der Waals surface area contributed by atoms with Crippen molar-refractivity contribution in [2.45, 2.75) is 19.8 Å². The zero-order chi connectivity index (χ0) is 15.7. The molecule has 114 valence electrons. The Balaban J connectivity index is 1.83. The first-order valence-corrected chi connectivity index (χ1v) is 7.18. The third-order valence-corrected chi connectivity index (χ3v) is 4.14. The Labute approximate surface area is 126 Å². The van der Waals surface area contributed by atoms with E-state index in [1.54, 1.807) is 24.4 Å². The van der Waals surface area contributed by atoms with Crippen LogP contribution in [0.3, 0.4) is 0 Å². The monoisotopic (exact) mass is 299 g/mol. The Bertz CT molecular complexity index is 800. The minimum absolute atomic E-state index is 0.0254. The molecule has 2 heterocycles. The number of carbonyl (C=O) groups is 2. The van der Waals surface area contributed by atoms with E-state index in [1.807, 2.05) is 6.92 Å². The molecule has 3 N–H and O–H groups in total. The number of pyridine rings is 1. The van der Waals surface area contributed by atoms with Crippen LogP contribution in [0.1, 0.15) is 19.8 Å². The van der Waals surface area contributed by atoms with Gasteiger partial charge in [-0.2, -0.15) is 0 Å². The molecule has 22 heavy (non-hydrogen) atoms. The highest BCUT2D eigenvalue weighted by Gasteiger charge is 2.37. The van der Waals surface area contributed by atoms with E-state index in [9.17, 15) is 14.4 Å². The Morgan fingerprint density at radius 3 is 2.82 bits per heavy atom. The summed E-state index contributed by atoms with van der Waals surface area (Å²) < 4.78 is 0. The van der Waals surface area contributed by atoms with Crippen LogP contribution >= 0.6 is 0 Å². The topological polar surface area (TPSA) is 91.1 Å². The lowest BCUT2D eigenvalue weighted by molar-refractivity contribution is -0.130. The van der Waals surface area contributed by atoms with E-state index in [0.717, 1.165) is 5.52 Å². The van der Waals surface area contributed by atoms with Gasteiger partial charge in [0.05, 0.1) is 5.41 Å². The van der Waals surface area contributed by atoms with Crippen molar-refractivity contribution in [2.75, 3.05) is 11.9 Å². The van der Waals surface area contributed by atoms with Crippen molar-refractivity contribution < 1.29 is 9.59 Å². The van der Waals surface area contributed by atoms with Crippen LogP contribution in [-0.2, 0) is 9.59 Å². The number of benzene rings is 1. The summed E-state index contributed by atoms with van der Waals surface area (Å²) in [6.07, 6.45) is 2.45. The average Bonchev–Trinajstić information content (AvgIpc) is 2.51. The Morgan fingerprint density at radius 2 is 2.09 bits per heavy atom. The van der Waals surface area contributed by atoms with Gasteiger partial charge in [-0.1, -0.05) is 0 Å². The number of hydrogen-bond acceptors (Lipinski definition) is 3. The molecule has 0 radical (unpaired) electrons. The molecule has 6 heteroatoms. The van der Waals surface area contributed by atoms with Crippen molar-refractivity contribution in [1.29, 1.82) is 0 Å². The summed E-state index contributed by atoms with van der Waals surface area (Å²) in [5.41, 5.74) is 0.571. The molecule has 1 aromatic carbocycles. The summed E-state index contributed by atoms with van der Waals surface area (Å²) in [7, 11) is 0. The number of piperidine rings is 1. The molecule has 1 atom stereocenters. The number of aromatic amines is 1. The lowest BCUT2D eigenvalue weighted by atomic mass is 9.81.